The van der Waals surface area contributed by atoms with Gasteiger partial charge >= 0.3 is 0 Å². The van der Waals surface area contributed by atoms with Crippen LogP contribution in [-0.2, 0) is 9.59 Å². The molecule has 14 heteroatoms. The van der Waals surface area contributed by atoms with Crippen LogP contribution in [0, 0.1) is 25.2 Å². The number of nitrogens with one attached hydrogen (secondary N) is 1. The fourth-order valence-corrected chi connectivity index (χ4v) is 11.8. The molecule has 0 bridgehead atoms. The highest BCUT2D eigenvalue weighted by atomic mass is 32.1. The molecule has 4 aromatic heterocycles. The summed E-state index contributed by atoms with van der Waals surface area (Å²) in [5.41, 5.74) is 7.70. The zero-order valence-corrected chi connectivity index (χ0v) is 36.2. The molecular formula is C46H51N7O5S2. The van der Waals surface area contributed by atoms with Gasteiger partial charge < -0.3 is 29.9 Å². The van der Waals surface area contributed by atoms with Crippen LogP contribution in [0.15, 0.2) is 70.7 Å². The summed E-state index contributed by atoms with van der Waals surface area (Å²) in [5.74, 6) is 0.579. The number of benzene rings is 2. The molecule has 9 rings (SSSR count). The molecule has 1 aliphatic carbocycles. The maximum Gasteiger partial charge on any atom is 0.243 e. The first-order valence-corrected chi connectivity index (χ1v) is 22.6. The molecule has 6 aromatic rings. The zero-order chi connectivity index (χ0) is 41.9. The lowest BCUT2D eigenvalue weighted by Crippen LogP contribution is -2.57. The SMILES string of the molecule is Cc1ncsc1-c1ccc([C@H](C)NC(=O)[C@@H]2C[C@@H](O)CN2C(=O)[C@@H](c2cc(N3CC4(CCC(c5sc6nnc(-c7ccccc7O)cc6c5C)CC4)C3)no2)C(C)C)cc1. The van der Waals surface area contributed by atoms with Gasteiger partial charge in [-0.15, -0.1) is 32.9 Å². The zero-order valence-electron chi connectivity index (χ0n) is 34.6. The van der Waals surface area contributed by atoms with Crippen molar-refractivity contribution < 1.29 is 24.3 Å². The summed E-state index contributed by atoms with van der Waals surface area (Å²) in [6.07, 6.45) is 3.81. The van der Waals surface area contributed by atoms with E-state index in [0.29, 0.717) is 22.9 Å². The number of fused-ring (bicyclic) bond motifs is 1. The van der Waals surface area contributed by atoms with Crippen molar-refractivity contribution in [3.8, 4) is 27.4 Å². The average molecular weight is 846 g/mol. The molecule has 0 unspecified atom stereocenters. The van der Waals surface area contributed by atoms with Gasteiger partial charge in [-0.25, -0.2) is 4.98 Å². The van der Waals surface area contributed by atoms with E-state index in [1.807, 2.05) is 75.7 Å². The van der Waals surface area contributed by atoms with Gasteiger partial charge in [-0.1, -0.05) is 55.4 Å². The molecule has 0 radical (unpaired) electrons. The summed E-state index contributed by atoms with van der Waals surface area (Å²) < 4.78 is 5.92. The number of aromatic nitrogens is 4. The highest BCUT2D eigenvalue weighted by molar-refractivity contribution is 7.19. The van der Waals surface area contributed by atoms with Gasteiger partial charge in [-0.3, -0.25) is 9.59 Å². The van der Waals surface area contributed by atoms with E-state index in [1.165, 1.54) is 15.3 Å². The Kier molecular flexibility index (Phi) is 10.7. The van der Waals surface area contributed by atoms with E-state index in [2.05, 4.69) is 43.5 Å². The molecule has 3 fully saturated rings. The van der Waals surface area contributed by atoms with Gasteiger partial charge in [-0.05, 0) is 93.2 Å². The third-order valence-corrected chi connectivity index (χ3v) is 15.4. The van der Waals surface area contributed by atoms with Crippen LogP contribution in [0.3, 0.4) is 0 Å². The third kappa shape index (κ3) is 7.47. The molecule has 6 heterocycles. The minimum atomic E-state index is -0.799. The van der Waals surface area contributed by atoms with Gasteiger partial charge in [0.15, 0.2) is 11.6 Å². The fourth-order valence-electron chi connectivity index (χ4n) is 9.67. The van der Waals surface area contributed by atoms with E-state index in [4.69, 9.17) is 4.52 Å². The number of aliphatic hydroxyl groups excluding tert-OH is 1. The molecule has 3 N–H and O–H groups in total. The number of phenols is 1. The number of amides is 2. The van der Waals surface area contributed by atoms with Gasteiger partial charge in [0.2, 0.25) is 11.8 Å². The van der Waals surface area contributed by atoms with Crippen molar-refractivity contribution in [3.05, 3.63) is 93.6 Å². The molecule has 1 saturated carbocycles. The van der Waals surface area contributed by atoms with Crippen molar-refractivity contribution in [1.29, 1.82) is 0 Å². The Bertz CT molecular complexity index is 2530. The largest absolute Gasteiger partial charge is 0.507 e. The molecule has 2 aromatic carbocycles. The Hall–Kier alpha value is -5.18. The molecule has 3 aliphatic rings. The number of β-amino-alcohol motifs (C(OH)–C–C–N with tert-alkyl or cyclic N) is 1. The van der Waals surface area contributed by atoms with Crippen molar-refractivity contribution in [1.82, 2.24) is 30.6 Å². The normalized spacial score (nSPS) is 20.2. The van der Waals surface area contributed by atoms with Gasteiger partial charge in [-0.2, -0.15) is 0 Å². The highest BCUT2D eigenvalue weighted by Gasteiger charge is 2.48. The molecular weight excluding hydrogens is 795 g/mol. The van der Waals surface area contributed by atoms with Gasteiger partial charge in [0.25, 0.3) is 0 Å². The summed E-state index contributed by atoms with van der Waals surface area (Å²) in [6, 6.07) is 18.2. The number of thiazole rings is 1. The van der Waals surface area contributed by atoms with Crippen LogP contribution in [0.2, 0.25) is 0 Å². The first-order chi connectivity index (χ1) is 28.9. The summed E-state index contributed by atoms with van der Waals surface area (Å²) >= 11 is 3.35. The molecule has 2 aliphatic heterocycles. The third-order valence-electron chi connectivity index (χ3n) is 13.1. The lowest BCUT2D eigenvalue weighted by molar-refractivity contribution is -0.141. The molecule has 1 spiro atoms. The fraction of sp³-hybridized carbons (Fsp3) is 0.435. The van der Waals surface area contributed by atoms with Crippen LogP contribution >= 0.6 is 22.7 Å². The Morgan fingerprint density at radius 3 is 2.45 bits per heavy atom. The van der Waals surface area contributed by atoms with E-state index in [9.17, 15) is 19.8 Å². The van der Waals surface area contributed by atoms with Crippen LogP contribution < -0.4 is 10.2 Å². The second kappa shape index (κ2) is 16.0. The smallest absolute Gasteiger partial charge is 0.243 e. The highest BCUT2D eigenvalue weighted by Crippen LogP contribution is 2.52. The molecule has 2 amide bonds. The number of hydrogen-bond donors (Lipinski definition) is 3. The Morgan fingerprint density at radius 1 is 1.00 bits per heavy atom. The number of phenolic OH excluding ortho intramolecular Hbond substituents is 1. The molecule has 60 heavy (non-hydrogen) atoms. The van der Waals surface area contributed by atoms with Crippen LogP contribution in [-0.4, -0.2) is 79.0 Å². The van der Waals surface area contributed by atoms with Crippen molar-refractivity contribution >= 4 is 50.5 Å². The van der Waals surface area contributed by atoms with Crippen LogP contribution in [0.1, 0.15) is 98.2 Å². The number of thiophene rings is 1. The predicted molar refractivity (Wildman–Crippen MR) is 234 cm³/mol. The van der Waals surface area contributed by atoms with Crippen molar-refractivity contribution in [2.45, 2.75) is 96.7 Å². The quantitative estimate of drug-likeness (QED) is 0.122. The molecule has 2 saturated heterocycles. The maximum absolute atomic E-state index is 14.3. The van der Waals surface area contributed by atoms with E-state index in [1.54, 1.807) is 34.8 Å². The lowest BCUT2D eigenvalue weighted by Gasteiger charge is -2.53. The van der Waals surface area contributed by atoms with Crippen LogP contribution in [0.25, 0.3) is 31.9 Å². The topological polar surface area (TPSA) is 158 Å². The minimum Gasteiger partial charge on any atom is -0.507 e. The first kappa shape index (κ1) is 40.2. The van der Waals surface area contributed by atoms with E-state index in [-0.39, 0.29) is 47.9 Å². The second-order valence-electron chi connectivity index (χ2n) is 17.5. The van der Waals surface area contributed by atoms with Crippen LogP contribution in [0.5, 0.6) is 5.75 Å². The minimum absolute atomic E-state index is 0.0851. The number of hydrogen-bond acceptors (Lipinski definition) is 12. The number of nitrogens with zero attached hydrogens (tertiary/aromatic N) is 6. The number of carbonyl (C=O) groups is 2. The number of para-hydroxylation sites is 1. The number of carbonyl (C=O) groups excluding carboxylic acids is 2. The van der Waals surface area contributed by atoms with Gasteiger partial charge in [0, 0.05) is 53.4 Å². The van der Waals surface area contributed by atoms with E-state index in [0.717, 1.165) is 76.5 Å². The predicted octanol–water partition coefficient (Wildman–Crippen LogP) is 8.54. The van der Waals surface area contributed by atoms with Gasteiger partial charge in [0.05, 0.1) is 33.9 Å². The second-order valence-corrected chi connectivity index (χ2v) is 19.4. The molecule has 312 valence electrons. The summed E-state index contributed by atoms with van der Waals surface area (Å²) in [7, 11) is 0. The lowest BCUT2D eigenvalue weighted by atomic mass is 9.65. The Labute approximate surface area is 357 Å². The van der Waals surface area contributed by atoms with E-state index >= 15 is 0 Å². The number of aromatic hydroxyl groups is 1. The Balaban J connectivity index is 0.821. The summed E-state index contributed by atoms with van der Waals surface area (Å²) in [4.78, 5) is 39.7. The number of aryl methyl sites for hydroxylation is 2. The number of rotatable bonds is 10. The first-order valence-electron chi connectivity index (χ1n) is 20.9. The molecule has 12 nitrogen and oxygen atoms in total. The number of aliphatic hydroxyl groups is 1. The Morgan fingerprint density at radius 2 is 1.75 bits per heavy atom. The molecule has 4 atom stereocenters. The number of anilines is 1. The van der Waals surface area contributed by atoms with Crippen molar-refractivity contribution in [2.24, 2.45) is 11.3 Å². The standard InChI is InChI=1S/C46H51N7O5S2/c1-25(2)40(45(57)53-21-32(54)18-36(53)43(56)48-27(4)29-10-12-30(13-11-29)42-28(5)47-24-59-42)38-20-39(51-58-38)52-22-46(23-52)16-14-31(15-17-46)41-26(3)34-19-35(49-50-44(34)60-41)33-8-6-7-9-37(33)55/h6-13,19-20,24-25,27,31-32,36,40,54-55H,14-18,21-23H2,1-5H3,(H,48,56)/t27-,32+,36-,40+/m0/s1. The van der Waals surface area contributed by atoms with Crippen molar-refractivity contribution in [3.63, 3.8) is 0 Å². The monoisotopic (exact) mass is 845 g/mol. The van der Waals surface area contributed by atoms with Crippen molar-refractivity contribution in [2.75, 3.05) is 24.5 Å². The summed E-state index contributed by atoms with van der Waals surface area (Å²) in [5, 5.41) is 38.8. The average Bonchev–Trinajstić information content (AvgIpc) is 4.04. The summed E-state index contributed by atoms with van der Waals surface area (Å²) in [6.45, 7) is 11.9. The van der Waals surface area contributed by atoms with Gasteiger partial charge in [0.1, 0.15) is 22.5 Å². The maximum atomic E-state index is 14.3. The number of likely N-dealkylation sites (tertiary alicyclic amines) is 1. The van der Waals surface area contributed by atoms with Crippen LogP contribution in [0.4, 0.5) is 5.82 Å². The van der Waals surface area contributed by atoms with E-state index < -0.39 is 18.1 Å².